The summed E-state index contributed by atoms with van der Waals surface area (Å²) < 4.78 is 30.3. The zero-order chi connectivity index (χ0) is 17.9. The fourth-order valence-electron chi connectivity index (χ4n) is 2.09. The number of nitrogens with zero attached hydrogens (tertiary/aromatic N) is 1. The van der Waals surface area contributed by atoms with Gasteiger partial charge in [-0.15, -0.1) is 0 Å². The minimum Gasteiger partial charge on any atom is -0.448 e. The second-order valence-corrected chi connectivity index (χ2v) is 7.65. The number of aryl methyl sites for hydroxylation is 1. The fraction of sp³-hybridized carbons (Fsp3) is 0.312. The first-order valence-corrected chi connectivity index (χ1v) is 8.81. The van der Waals surface area contributed by atoms with Crippen LogP contribution in [0.25, 0.3) is 0 Å². The molecule has 24 heavy (non-hydrogen) atoms. The normalized spacial score (nSPS) is 11.7. The molecule has 1 amide bonds. The summed E-state index contributed by atoms with van der Waals surface area (Å²) >= 11 is 0. The summed E-state index contributed by atoms with van der Waals surface area (Å²) in [7, 11) is -0.900. The van der Waals surface area contributed by atoms with Crippen molar-refractivity contribution in [1.29, 1.82) is 0 Å². The van der Waals surface area contributed by atoms with E-state index in [1.54, 1.807) is 19.1 Å². The number of benzene rings is 1. The highest BCUT2D eigenvalue weighted by molar-refractivity contribution is 7.88. The zero-order valence-electron chi connectivity index (χ0n) is 13.9. The number of hydrogen-bond acceptors (Lipinski definition) is 5. The molecule has 7 nitrogen and oxygen atoms in total. The van der Waals surface area contributed by atoms with E-state index in [4.69, 9.17) is 10.2 Å². The molecular formula is C16H21N3O4S. The number of rotatable bonds is 6. The van der Waals surface area contributed by atoms with Crippen LogP contribution in [0.1, 0.15) is 21.7 Å². The number of sulfonamides is 1. The lowest BCUT2D eigenvalue weighted by Crippen LogP contribution is -2.26. The molecular weight excluding hydrogens is 330 g/mol. The predicted molar refractivity (Wildman–Crippen MR) is 91.2 cm³/mol. The van der Waals surface area contributed by atoms with Gasteiger partial charge in [-0.25, -0.2) is 12.7 Å². The molecule has 0 radical (unpaired) electrons. The van der Waals surface area contributed by atoms with Crippen LogP contribution in [0.5, 0.6) is 0 Å². The summed E-state index contributed by atoms with van der Waals surface area (Å²) in [5.74, 6) is -0.104. The van der Waals surface area contributed by atoms with Crippen molar-refractivity contribution in [3.63, 3.8) is 0 Å². The molecule has 0 bridgehead atoms. The Balaban J connectivity index is 2.02. The summed E-state index contributed by atoms with van der Waals surface area (Å²) in [6.07, 6.45) is 0.645. The Morgan fingerprint density at radius 1 is 1.25 bits per heavy atom. The van der Waals surface area contributed by atoms with Gasteiger partial charge < -0.3 is 15.5 Å². The van der Waals surface area contributed by atoms with E-state index in [2.05, 4.69) is 5.32 Å². The summed E-state index contributed by atoms with van der Waals surface area (Å²) in [5.41, 5.74) is 7.57. The molecule has 2 rings (SSSR count). The van der Waals surface area contributed by atoms with Gasteiger partial charge in [0.25, 0.3) is 15.9 Å². The van der Waals surface area contributed by atoms with Gasteiger partial charge in [-0.1, -0.05) is 12.1 Å². The standard InChI is InChI=1S/C16H21N3O4S/c1-11-14(10-15(23-11)24(21,22)19(2)3)16(20)18-9-8-12-4-6-13(17)7-5-12/h4-7,10H,8-9,17H2,1-3H3,(H,18,20). The van der Waals surface area contributed by atoms with Crippen molar-refractivity contribution < 1.29 is 17.6 Å². The van der Waals surface area contributed by atoms with Crippen molar-refractivity contribution in [2.24, 2.45) is 0 Å². The number of hydrogen-bond donors (Lipinski definition) is 2. The van der Waals surface area contributed by atoms with Crippen molar-refractivity contribution in [1.82, 2.24) is 9.62 Å². The monoisotopic (exact) mass is 351 g/mol. The highest BCUT2D eigenvalue weighted by Crippen LogP contribution is 2.21. The van der Waals surface area contributed by atoms with Crippen molar-refractivity contribution >= 4 is 21.6 Å². The maximum absolute atomic E-state index is 12.2. The van der Waals surface area contributed by atoms with Gasteiger partial charge in [0, 0.05) is 32.4 Å². The molecule has 0 aliphatic carbocycles. The van der Waals surface area contributed by atoms with Gasteiger partial charge >= 0.3 is 0 Å². The number of carbonyl (C=O) groups is 1. The molecule has 1 aromatic carbocycles. The molecule has 8 heteroatoms. The van der Waals surface area contributed by atoms with Gasteiger partial charge in [0.1, 0.15) is 5.76 Å². The van der Waals surface area contributed by atoms with Crippen LogP contribution in [-0.2, 0) is 16.4 Å². The van der Waals surface area contributed by atoms with Crippen molar-refractivity contribution in [2.45, 2.75) is 18.4 Å². The quantitative estimate of drug-likeness (QED) is 0.765. The molecule has 0 aliphatic heterocycles. The van der Waals surface area contributed by atoms with Crippen LogP contribution in [0.3, 0.4) is 0 Å². The maximum Gasteiger partial charge on any atom is 0.275 e. The zero-order valence-corrected chi connectivity index (χ0v) is 14.7. The average Bonchev–Trinajstić information content (AvgIpc) is 2.91. The molecule has 0 saturated carbocycles. The third-order valence-corrected chi connectivity index (χ3v) is 5.22. The molecule has 1 aromatic heterocycles. The average molecular weight is 351 g/mol. The first-order chi connectivity index (χ1) is 11.2. The van der Waals surface area contributed by atoms with E-state index in [1.165, 1.54) is 20.2 Å². The summed E-state index contributed by atoms with van der Waals surface area (Å²) in [4.78, 5) is 12.2. The number of nitrogen functional groups attached to an aromatic ring is 1. The minimum absolute atomic E-state index is 0.215. The second kappa shape index (κ2) is 7.06. The predicted octanol–water partition coefficient (Wildman–Crippen LogP) is 1.39. The lowest BCUT2D eigenvalue weighted by atomic mass is 10.1. The van der Waals surface area contributed by atoms with Crippen LogP contribution in [0, 0.1) is 6.92 Å². The molecule has 0 unspecified atom stereocenters. The number of carbonyl (C=O) groups excluding carboxylic acids is 1. The Morgan fingerprint density at radius 3 is 2.46 bits per heavy atom. The third kappa shape index (κ3) is 3.95. The van der Waals surface area contributed by atoms with E-state index in [9.17, 15) is 13.2 Å². The Morgan fingerprint density at radius 2 is 1.88 bits per heavy atom. The van der Waals surface area contributed by atoms with E-state index in [-0.39, 0.29) is 22.3 Å². The number of anilines is 1. The largest absolute Gasteiger partial charge is 0.448 e. The topological polar surface area (TPSA) is 106 Å². The Hall–Kier alpha value is -2.32. The van der Waals surface area contributed by atoms with E-state index in [0.717, 1.165) is 9.87 Å². The van der Waals surface area contributed by atoms with Crippen LogP contribution in [0.2, 0.25) is 0 Å². The molecule has 0 fully saturated rings. The molecule has 0 saturated heterocycles. The molecule has 0 aliphatic rings. The lowest BCUT2D eigenvalue weighted by molar-refractivity contribution is 0.0952. The van der Waals surface area contributed by atoms with E-state index >= 15 is 0 Å². The molecule has 130 valence electrons. The third-order valence-electron chi connectivity index (χ3n) is 3.55. The van der Waals surface area contributed by atoms with Crippen molar-refractivity contribution in [3.8, 4) is 0 Å². The summed E-state index contributed by atoms with van der Waals surface area (Å²) in [6, 6.07) is 8.65. The number of amides is 1. The Bertz CT molecular complexity index is 824. The second-order valence-electron chi connectivity index (χ2n) is 5.57. The number of nitrogens with one attached hydrogen (secondary N) is 1. The highest BCUT2D eigenvalue weighted by Gasteiger charge is 2.25. The van der Waals surface area contributed by atoms with Crippen LogP contribution in [-0.4, -0.2) is 39.3 Å². The van der Waals surface area contributed by atoms with Gasteiger partial charge in [-0.3, -0.25) is 4.79 Å². The van der Waals surface area contributed by atoms with E-state index in [1.807, 2.05) is 12.1 Å². The van der Waals surface area contributed by atoms with Crippen LogP contribution in [0.15, 0.2) is 39.8 Å². The maximum atomic E-state index is 12.2. The number of nitrogens with two attached hydrogens (primary N) is 1. The van der Waals surface area contributed by atoms with E-state index in [0.29, 0.717) is 18.7 Å². The molecule has 2 aromatic rings. The first kappa shape index (κ1) is 18.0. The van der Waals surface area contributed by atoms with Crippen molar-refractivity contribution in [3.05, 3.63) is 47.2 Å². The highest BCUT2D eigenvalue weighted by atomic mass is 32.2. The molecule has 0 spiro atoms. The van der Waals surface area contributed by atoms with Gasteiger partial charge in [-0.05, 0) is 31.0 Å². The molecule has 1 heterocycles. The minimum atomic E-state index is -3.70. The van der Waals surface area contributed by atoms with Gasteiger partial charge in [0.2, 0.25) is 5.09 Å². The Kier molecular flexibility index (Phi) is 5.30. The van der Waals surface area contributed by atoms with Gasteiger partial charge in [-0.2, -0.15) is 0 Å². The SMILES string of the molecule is Cc1oc(S(=O)(=O)N(C)C)cc1C(=O)NCCc1ccc(N)cc1. The van der Waals surface area contributed by atoms with Gasteiger partial charge in [0.15, 0.2) is 0 Å². The first-order valence-electron chi connectivity index (χ1n) is 7.37. The smallest absolute Gasteiger partial charge is 0.275 e. The van der Waals surface area contributed by atoms with Gasteiger partial charge in [0.05, 0.1) is 5.56 Å². The van der Waals surface area contributed by atoms with Crippen LogP contribution in [0.4, 0.5) is 5.69 Å². The number of furan rings is 1. The lowest BCUT2D eigenvalue weighted by Gasteiger charge is -2.07. The van der Waals surface area contributed by atoms with Crippen LogP contribution >= 0.6 is 0 Å². The molecule has 3 N–H and O–H groups in total. The fourth-order valence-corrected chi connectivity index (χ4v) is 2.94. The Labute approximate surface area is 141 Å². The summed E-state index contributed by atoms with van der Waals surface area (Å²) in [6.45, 7) is 1.98. The van der Waals surface area contributed by atoms with Crippen LogP contribution < -0.4 is 11.1 Å². The molecule has 0 atom stereocenters. The summed E-state index contributed by atoms with van der Waals surface area (Å²) in [5, 5.41) is 2.52. The van der Waals surface area contributed by atoms with Crippen molar-refractivity contribution in [2.75, 3.05) is 26.4 Å². The van der Waals surface area contributed by atoms with E-state index < -0.39 is 10.0 Å².